The van der Waals surface area contributed by atoms with Crippen LogP contribution < -0.4 is 10.6 Å². The van der Waals surface area contributed by atoms with Crippen LogP contribution in [-0.4, -0.2) is 13.1 Å². The van der Waals surface area contributed by atoms with Crippen molar-refractivity contribution in [1.82, 2.24) is 0 Å². The van der Waals surface area contributed by atoms with Crippen LogP contribution in [0.1, 0.15) is 32.3 Å². The molecule has 1 aliphatic heterocycles. The molecular formula is C14H22N2. The summed E-state index contributed by atoms with van der Waals surface area (Å²) in [5.41, 5.74) is 9.71. The van der Waals surface area contributed by atoms with Gasteiger partial charge in [-0.15, -0.1) is 0 Å². The summed E-state index contributed by atoms with van der Waals surface area (Å²) in [6.45, 7) is 6.86. The maximum absolute atomic E-state index is 6.05. The molecule has 16 heavy (non-hydrogen) atoms. The van der Waals surface area contributed by atoms with E-state index in [0.29, 0.717) is 0 Å². The number of nitrogens with zero attached hydrogens (tertiary/aromatic N) is 1. The normalized spacial score (nSPS) is 14.6. The molecule has 0 aromatic heterocycles. The average Bonchev–Trinajstić information content (AvgIpc) is 2.62. The van der Waals surface area contributed by atoms with Gasteiger partial charge in [0.25, 0.3) is 0 Å². The Morgan fingerprint density at radius 3 is 2.94 bits per heavy atom. The smallest absolute Gasteiger partial charge is 0.0633 e. The fourth-order valence-corrected chi connectivity index (χ4v) is 2.48. The summed E-state index contributed by atoms with van der Waals surface area (Å²) in [7, 11) is 0. The second-order valence-corrected chi connectivity index (χ2v) is 5.13. The number of benzene rings is 1. The average molecular weight is 218 g/mol. The third-order valence-corrected chi connectivity index (χ3v) is 3.33. The van der Waals surface area contributed by atoms with Crippen molar-refractivity contribution < 1.29 is 0 Å². The van der Waals surface area contributed by atoms with Crippen molar-refractivity contribution in [1.29, 1.82) is 0 Å². The molecule has 0 fully saturated rings. The highest BCUT2D eigenvalue weighted by Gasteiger charge is 2.20. The molecule has 0 atom stereocenters. The van der Waals surface area contributed by atoms with Crippen molar-refractivity contribution >= 4 is 11.4 Å². The summed E-state index contributed by atoms with van der Waals surface area (Å²) in [6, 6.07) is 6.28. The first kappa shape index (κ1) is 11.3. The molecule has 0 amide bonds. The van der Waals surface area contributed by atoms with Crippen LogP contribution in [0.25, 0.3) is 0 Å². The number of hydrogen-bond donors (Lipinski definition) is 1. The molecule has 0 unspecified atom stereocenters. The molecule has 88 valence electrons. The van der Waals surface area contributed by atoms with E-state index < -0.39 is 0 Å². The van der Waals surface area contributed by atoms with Gasteiger partial charge in [-0.1, -0.05) is 26.0 Å². The standard InChI is InChI=1S/C14H22N2/c1-11(2)5-4-9-16-10-8-12-6-3-7-13(15)14(12)16/h3,6-7,11H,4-5,8-10,15H2,1-2H3. The minimum atomic E-state index is 0.801. The molecule has 0 bridgehead atoms. The van der Waals surface area contributed by atoms with Crippen LogP contribution in [0.15, 0.2) is 18.2 Å². The molecule has 0 aliphatic carbocycles. The fraction of sp³-hybridized carbons (Fsp3) is 0.571. The highest BCUT2D eigenvalue weighted by molar-refractivity contribution is 5.74. The number of para-hydroxylation sites is 1. The second kappa shape index (κ2) is 4.77. The molecule has 2 heteroatoms. The van der Waals surface area contributed by atoms with Crippen molar-refractivity contribution in [3.05, 3.63) is 23.8 Å². The maximum atomic E-state index is 6.05. The summed E-state index contributed by atoms with van der Waals surface area (Å²) in [6.07, 6.45) is 3.73. The fourth-order valence-electron chi connectivity index (χ4n) is 2.48. The number of fused-ring (bicyclic) bond motifs is 1. The molecular weight excluding hydrogens is 196 g/mol. The first-order chi connectivity index (χ1) is 7.68. The molecule has 1 aliphatic rings. The van der Waals surface area contributed by atoms with E-state index in [1.165, 1.54) is 24.1 Å². The molecule has 2 rings (SSSR count). The van der Waals surface area contributed by atoms with Gasteiger partial charge < -0.3 is 10.6 Å². The molecule has 0 saturated heterocycles. The number of nitrogen functional groups attached to an aromatic ring is 1. The molecule has 2 nitrogen and oxygen atoms in total. The van der Waals surface area contributed by atoms with Crippen LogP contribution in [-0.2, 0) is 6.42 Å². The topological polar surface area (TPSA) is 29.3 Å². The molecule has 0 saturated carbocycles. The zero-order valence-corrected chi connectivity index (χ0v) is 10.4. The van der Waals surface area contributed by atoms with E-state index in [0.717, 1.165) is 31.1 Å². The minimum absolute atomic E-state index is 0.801. The maximum Gasteiger partial charge on any atom is 0.0633 e. The highest BCUT2D eigenvalue weighted by Crippen LogP contribution is 2.33. The van der Waals surface area contributed by atoms with Gasteiger partial charge in [0.2, 0.25) is 0 Å². The van der Waals surface area contributed by atoms with Crippen LogP contribution in [0.4, 0.5) is 11.4 Å². The van der Waals surface area contributed by atoms with Gasteiger partial charge in [-0.3, -0.25) is 0 Å². The van der Waals surface area contributed by atoms with E-state index >= 15 is 0 Å². The number of anilines is 2. The van der Waals surface area contributed by atoms with E-state index in [-0.39, 0.29) is 0 Å². The lowest BCUT2D eigenvalue weighted by Gasteiger charge is -2.21. The van der Waals surface area contributed by atoms with Crippen molar-refractivity contribution in [2.24, 2.45) is 5.92 Å². The summed E-state index contributed by atoms with van der Waals surface area (Å²) >= 11 is 0. The van der Waals surface area contributed by atoms with Gasteiger partial charge in [0.05, 0.1) is 11.4 Å². The molecule has 0 spiro atoms. The Balaban J connectivity index is 2.00. The molecule has 2 N–H and O–H groups in total. The van der Waals surface area contributed by atoms with E-state index in [9.17, 15) is 0 Å². The highest BCUT2D eigenvalue weighted by atomic mass is 15.2. The monoisotopic (exact) mass is 218 g/mol. The molecule has 1 aromatic rings. The Morgan fingerprint density at radius 2 is 2.19 bits per heavy atom. The van der Waals surface area contributed by atoms with Crippen LogP contribution >= 0.6 is 0 Å². The summed E-state index contributed by atoms with van der Waals surface area (Å²) in [5, 5.41) is 0. The summed E-state index contributed by atoms with van der Waals surface area (Å²) in [4.78, 5) is 2.45. The van der Waals surface area contributed by atoms with Crippen LogP contribution in [0, 0.1) is 5.92 Å². The zero-order chi connectivity index (χ0) is 11.5. The third-order valence-electron chi connectivity index (χ3n) is 3.33. The Kier molecular flexibility index (Phi) is 3.37. The molecule has 0 radical (unpaired) electrons. The minimum Gasteiger partial charge on any atom is -0.397 e. The Labute approximate surface area is 98.4 Å². The third kappa shape index (κ3) is 2.31. The molecule has 1 heterocycles. The van der Waals surface area contributed by atoms with Crippen molar-refractivity contribution in [2.45, 2.75) is 33.1 Å². The van der Waals surface area contributed by atoms with Crippen LogP contribution in [0.2, 0.25) is 0 Å². The van der Waals surface area contributed by atoms with E-state index in [2.05, 4.69) is 30.9 Å². The van der Waals surface area contributed by atoms with Crippen molar-refractivity contribution in [3.8, 4) is 0 Å². The van der Waals surface area contributed by atoms with Crippen molar-refractivity contribution in [3.63, 3.8) is 0 Å². The lowest BCUT2D eigenvalue weighted by Crippen LogP contribution is -2.22. The van der Waals surface area contributed by atoms with Gasteiger partial charge in [0.15, 0.2) is 0 Å². The van der Waals surface area contributed by atoms with Crippen LogP contribution in [0.5, 0.6) is 0 Å². The lowest BCUT2D eigenvalue weighted by atomic mass is 10.1. The second-order valence-electron chi connectivity index (χ2n) is 5.13. The first-order valence-electron chi connectivity index (χ1n) is 6.31. The lowest BCUT2D eigenvalue weighted by molar-refractivity contribution is 0.552. The molecule has 1 aromatic carbocycles. The van der Waals surface area contributed by atoms with Crippen molar-refractivity contribution in [2.75, 3.05) is 23.7 Å². The predicted molar refractivity (Wildman–Crippen MR) is 70.8 cm³/mol. The number of hydrogen-bond acceptors (Lipinski definition) is 2. The zero-order valence-electron chi connectivity index (χ0n) is 10.4. The van der Waals surface area contributed by atoms with Gasteiger partial charge in [-0.05, 0) is 36.8 Å². The van der Waals surface area contributed by atoms with E-state index in [1.807, 2.05) is 6.07 Å². The van der Waals surface area contributed by atoms with Gasteiger partial charge in [0, 0.05) is 13.1 Å². The Bertz CT molecular complexity index is 358. The van der Waals surface area contributed by atoms with Gasteiger partial charge in [-0.2, -0.15) is 0 Å². The first-order valence-corrected chi connectivity index (χ1v) is 6.31. The Hall–Kier alpha value is -1.18. The number of rotatable bonds is 4. The Morgan fingerprint density at radius 1 is 1.38 bits per heavy atom. The largest absolute Gasteiger partial charge is 0.397 e. The summed E-state index contributed by atoms with van der Waals surface area (Å²) in [5.74, 6) is 0.801. The predicted octanol–water partition coefficient (Wildman–Crippen LogP) is 3.07. The van der Waals surface area contributed by atoms with Gasteiger partial charge >= 0.3 is 0 Å². The van der Waals surface area contributed by atoms with E-state index in [1.54, 1.807) is 0 Å². The SMILES string of the molecule is CC(C)CCCN1CCc2cccc(N)c21. The number of nitrogens with two attached hydrogens (primary N) is 1. The van der Waals surface area contributed by atoms with E-state index in [4.69, 9.17) is 5.73 Å². The van der Waals surface area contributed by atoms with Crippen LogP contribution in [0.3, 0.4) is 0 Å². The van der Waals surface area contributed by atoms with Gasteiger partial charge in [0.1, 0.15) is 0 Å². The quantitative estimate of drug-likeness (QED) is 0.787. The summed E-state index contributed by atoms with van der Waals surface area (Å²) < 4.78 is 0. The van der Waals surface area contributed by atoms with Gasteiger partial charge in [-0.25, -0.2) is 0 Å².